The molecule has 5 heteroatoms. The number of hydrogen-bond acceptors (Lipinski definition) is 3. The number of aromatic nitrogens is 2. The first kappa shape index (κ1) is 12.8. The van der Waals surface area contributed by atoms with Crippen molar-refractivity contribution in [1.82, 2.24) is 9.97 Å². The van der Waals surface area contributed by atoms with E-state index in [1.165, 1.54) is 12.1 Å². The molecule has 0 radical (unpaired) electrons. The predicted octanol–water partition coefficient (Wildman–Crippen LogP) is 3.76. The quantitative estimate of drug-likeness (QED) is 0.915. The summed E-state index contributed by atoms with van der Waals surface area (Å²) in [6.45, 7) is 2.86. The molecule has 3 nitrogen and oxygen atoms in total. The Bertz CT molecular complexity index is 546. The summed E-state index contributed by atoms with van der Waals surface area (Å²) in [7, 11) is 0. The fourth-order valence-electron chi connectivity index (χ4n) is 1.59. The highest BCUT2D eigenvalue weighted by molar-refractivity contribution is 6.33. The van der Waals surface area contributed by atoms with E-state index in [0.717, 1.165) is 13.0 Å². The lowest BCUT2D eigenvalue weighted by atomic mass is 10.1. The van der Waals surface area contributed by atoms with Gasteiger partial charge < -0.3 is 5.32 Å². The summed E-state index contributed by atoms with van der Waals surface area (Å²) < 4.78 is 13.0. The highest BCUT2D eigenvalue weighted by atomic mass is 35.5. The third-order valence-corrected chi connectivity index (χ3v) is 2.74. The molecule has 0 fully saturated rings. The summed E-state index contributed by atoms with van der Waals surface area (Å²) in [6, 6.07) is 4.24. The molecule has 0 saturated carbocycles. The average Bonchev–Trinajstić information content (AvgIpc) is 2.37. The second-order valence-corrected chi connectivity index (χ2v) is 4.21. The summed E-state index contributed by atoms with van der Waals surface area (Å²) in [4.78, 5) is 8.49. The van der Waals surface area contributed by atoms with Gasteiger partial charge in [0.1, 0.15) is 11.5 Å². The molecule has 18 heavy (non-hydrogen) atoms. The zero-order valence-corrected chi connectivity index (χ0v) is 10.7. The first-order valence-corrected chi connectivity index (χ1v) is 6.10. The van der Waals surface area contributed by atoms with Gasteiger partial charge in [0.05, 0.1) is 5.02 Å². The SMILES string of the molecule is CCCNc1nccnc1-c1ccc(F)cc1Cl. The monoisotopic (exact) mass is 265 g/mol. The van der Waals surface area contributed by atoms with Crippen LogP contribution in [0, 0.1) is 5.82 Å². The van der Waals surface area contributed by atoms with Gasteiger partial charge in [-0.1, -0.05) is 18.5 Å². The number of nitrogens with one attached hydrogen (secondary N) is 1. The number of rotatable bonds is 4. The molecule has 0 saturated heterocycles. The van der Waals surface area contributed by atoms with E-state index in [1.807, 2.05) is 0 Å². The Morgan fingerprint density at radius 1 is 1.28 bits per heavy atom. The van der Waals surface area contributed by atoms with Crippen LogP contribution in [0.5, 0.6) is 0 Å². The largest absolute Gasteiger partial charge is 0.368 e. The van der Waals surface area contributed by atoms with E-state index < -0.39 is 0 Å². The van der Waals surface area contributed by atoms with Crippen LogP contribution < -0.4 is 5.32 Å². The summed E-state index contributed by atoms with van der Waals surface area (Å²) in [5, 5.41) is 3.51. The van der Waals surface area contributed by atoms with Crippen LogP contribution in [-0.4, -0.2) is 16.5 Å². The molecule has 0 aliphatic carbocycles. The van der Waals surface area contributed by atoms with Crippen molar-refractivity contribution in [1.29, 1.82) is 0 Å². The molecule has 1 heterocycles. The lowest BCUT2D eigenvalue weighted by Crippen LogP contribution is -2.04. The van der Waals surface area contributed by atoms with Crippen molar-refractivity contribution < 1.29 is 4.39 Å². The van der Waals surface area contributed by atoms with Gasteiger partial charge in [-0.25, -0.2) is 9.37 Å². The highest BCUT2D eigenvalue weighted by Crippen LogP contribution is 2.30. The molecule has 0 amide bonds. The van der Waals surface area contributed by atoms with Crippen molar-refractivity contribution in [3.8, 4) is 11.3 Å². The van der Waals surface area contributed by atoms with Crippen LogP contribution in [0.1, 0.15) is 13.3 Å². The van der Waals surface area contributed by atoms with Crippen molar-refractivity contribution in [3.05, 3.63) is 41.4 Å². The zero-order valence-electron chi connectivity index (χ0n) is 9.95. The molecular weight excluding hydrogens is 253 g/mol. The van der Waals surface area contributed by atoms with Gasteiger partial charge in [0, 0.05) is 24.5 Å². The van der Waals surface area contributed by atoms with E-state index in [4.69, 9.17) is 11.6 Å². The van der Waals surface area contributed by atoms with Gasteiger partial charge in [-0.2, -0.15) is 0 Å². The second kappa shape index (κ2) is 5.78. The number of nitrogens with zero attached hydrogens (tertiary/aromatic N) is 2. The van der Waals surface area contributed by atoms with Crippen LogP contribution in [0.15, 0.2) is 30.6 Å². The molecule has 0 aliphatic heterocycles. The van der Waals surface area contributed by atoms with Crippen molar-refractivity contribution in [2.45, 2.75) is 13.3 Å². The Labute approximate surface area is 110 Å². The van der Waals surface area contributed by atoms with Gasteiger partial charge >= 0.3 is 0 Å². The van der Waals surface area contributed by atoms with Gasteiger partial charge in [-0.3, -0.25) is 4.98 Å². The Kier molecular flexibility index (Phi) is 4.10. The Morgan fingerprint density at radius 3 is 2.78 bits per heavy atom. The Morgan fingerprint density at radius 2 is 2.06 bits per heavy atom. The maximum atomic E-state index is 13.0. The van der Waals surface area contributed by atoms with Gasteiger partial charge in [0.15, 0.2) is 5.82 Å². The fourth-order valence-corrected chi connectivity index (χ4v) is 1.85. The normalized spacial score (nSPS) is 10.4. The summed E-state index contributed by atoms with van der Waals surface area (Å²) in [5.41, 5.74) is 1.31. The van der Waals surface area contributed by atoms with Crippen molar-refractivity contribution in [2.75, 3.05) is 11.9 Å². The van der Waals surface area contributed by atoms with Crippen molar-refractivity contribution in [3.63, 3.8) is 0 Å². The molecule has 0 atom stereocenters. The first-order valence-electron chi connectivity index (χ1n) is 5.72. The molecule has 1 aromatic heterocycles. The van der Waals surface area contributed by atoms with Crippen LogP contribution in [-0.2, 0) is 0 Å². The van der Waals surface area contributed by atoms with E-state index in [0.29, 0.717) is 22.1 Å². The van der Waals surface area contributed by atoms with Crippen LogP contribution in [0.2, 0.25) is 5.02 Å². The minimum Gasteiger partial charge on any atom is -0.368 e. The van der Waals surface area contributed by atoms with Crippen LogP contribution in [0.3, 0.4) is 0 Å². The second-order valence-electron chi connectivity index (χ2n) is 3.80. The average molecular weight is 266 g/mol. The molecule has 0 bridgehead atoms. The molecule has 2 rings (SSSR count). The minimum atomic E-state index is -0.365. The smallest absolute Gasteiger partial charge is 0.152 e. The molecule has 2 aromatic rings. The van der Waals surface area contributed by atoms with E-state index in [-0.39, 0.29) is 5.82 Å². The Hall–Kier alpha value is -1.68. The summed E-state index contributed by atoms with van der Waals surface area (Å²) in [6.07, 6.45) is 4.18. The van der Waals surface area contributed by atoms with E-state index >= 15 is 0 Å². The third kappa shape index (κ3) is 2.76. The Balaban J connectivity index is 2.43. The predicted molar refractivity (Wildman–Crippen MR) is 71.2 cm³/mol. The van der Waals surface area contributed by atoms with Crippen LogP contribution >= 0.6 is 11.6 Å². The van der Waals surface area contributed by atoms with Crippen LogP contribution in [0.25, 0.3) is 11.3 Å². The molecule has 0 spiro atoms. The summed E-state index contributed by atoms with van der Waals surface area (Å²) in [5.74, 6) is 0.295. The molecule has 0 unspecified atom stereocenters. The van der Waals surface area contributed by atoms with Gasteiger partial charge in [0.2, 0.25) is 0 Å². The van der Waals surface area contributed by atoms with Gasteiger partial charge in [-0.05, 0) is 24.6 Å². The maximum absolute atomic E-state index is 13.0. The lowest BCUT2D eigenvalue weighted by molar-refractivity contribution is 0.628. The van der Waals surface area contributed by atoms with E-state index in [1.54, 1.807) is 18.5 Å². The number of halogens is 2. The van der Waals surface area contributed by atoms with E-state index in [9.17, 15) is 4.39 Å². The van der Waals surface area contributed by atoms with Gasteiger partial charge in [-0.15, -0.1) is 0 Å². The number of benzene rings is 1. The molecule has 0 aliphatic rings. The summed E-state index contributed by atoms with van der Waals surface area (Å²) >= 11 is 6.03. The van der Waals surface area contributed by atoms with Crippen molar-refractivity contribution >= 4 is 17.4 Å². The molecule has 94 valence electrons. The maximum Gasteiger partial charge on any atom is 0.152 e. The first-order chi connectivity index (χ1) is 8.72. The topological polar surface area (TPSA) is 37.8 Å². The lowest BCUT2D eigenvalue weighted by Gasteiger charge is -2.10. The minimum absolute atomic E-state index is 0.329. The van der Waals surface area contributed by atoms with E-state index in [2.05, 4.69) is 22.2 Å². The third-order valence-electron chi connectivity index (χ3n) is 2.43. The van der Waals surface area contributed by atoms with Gasteiger partial charge in [0.25, 0.3) is 0 Å². The molecular formula is C13H13ClFN3. The van der Waals surface area contributed by atoms with Crippen molar-refractivity contribution in [2.24, 2.45) is 0 Å². The molecule has 1 aromatic carbocycles. The number of hydrogen-bond donors (Lipinski definition) is 1. The van der Waals surface area contributed by atoms with Crippen LogP contribution in [0.4, 0.5) is 10.2 Å². The molecule has 1 N–H and O–H groups in total. The number of anilines is 1. The standard InChI is InChI=1S/C13H13ClFN3/c1-2-5-17-13-12(16-6-7-18-13)10-4-3-9(15)8-11(10)14/h3-4,6-8H,2,5H2,1H3,(H,17,18). The fraction of sp³-hybridized carbons (Fsp3) is 0.231. The zero-order chi connectivity index (χ0) is 13.0. The highest BCUT2D eigenvalue weighted by Gasteiger charge is 2.11.